The molecule has 6 saturated carbocycles. The second kappa shape index (κ2) is 28.8. The van der Waals surface area contributed by atoms with Crippen molar-refractivity contribution in [3.8, 4) is 17.6 Å². The number of aldehydes is 1. The summed E-state index contributed by atoms with van der Waals surface area (Å²) in [5.74, 6) is 9.40. The van der Waals surface area contributed by atoms with Crippen LogP contribution < -0.4 is 37.9 Å². The number of nitrogens with one attached hydrogen (secondary N) is 1. The van der Waals surface area contributed by atoms with Gasteiger partial charge >= 0.3 is 0 Å². The maximum Gasteiger partial charge on any atom is 0.262 e. The number of fused-ring (bicyclic) bond motifs is 10. The normalized spacial score (nSPS) is 34.0. The number of ether oxygens (including phenoxy) is 5. The topological polar surface area (TPSA) is 293 Å². The van der Waals surface area contributed by atoms with Gasteiger partial charge in [0.25, 0.3) is 17.7 Å². The van der Waals surface area contributed by atoms with Crippen LogP contribution in [0.4, 0.5) is 5.69 Å². The van der Waals surface area contributed by atoms with Crippen LogP contribution in [-0.4, -0.2) is 163 Å². The summed E-state index contributed by atoms with van der Waals surface area (Å²) in [5.41, 5.74) is 32.9. The van der Waals surface area contributed by atoms with E-state index in [2.05, 4.69) is 94.6 Å². The Morgan fingerprint density at radius 2 is 0.917 bits per heavy atom. The van der Waals surface area contributed by atoms with Gasteiger partial charge in [0.2, 0.25) is 0 Å². The predicted octanol–water partition coefficient (Wildman–Crippen LogP) is 9.75. The average Bonchev–Trinajstić information content (AvgIpc) is 1.54. The van der Waals surface area contributed by atoms with Crippen molar-refractivity contribution in [1.29, 1.82) is 0 Å². The molecule has 4 atom stereocenters. The highest BCUT2D eigenvalue weighted by atomic mass is 16.5. The molecule has 22 nitrogen and oxygen atoms in total. The number of nitrogens with zero attached hydrogens (tertiary/aromatic N) is 8. The molecule has 18 rings (SSSR count). The van der Waals surface area contributed by atoms with E-state index in [1.165, 1.54) is 69.8 Å². The molecule has 22 heteroatoms. The number of carbonyl (C=O) groups is 4. The molecule has 9 N–H and O–H groups in total. The summed E-state index contributed by atoms with van der Waals surface area (Å²) in [5, 5.41) is 3.47. The van der Waals surface area contributed by atoms with E-state index < -0.39 is 22.2 Å². The van der Waals surface area contributed by atoms with Gasteiger partial charge in [-0.25, -0.2) is 15.0 Å². The third-order valence-electron chi connectivity index (χ3n) is 28.6. The predicted molar refractivity (Wildman–Crippen MR) is 418 cm³/mol. The standard InChI is InChI=1S/C26H33N3O2.C22H30N4O2.C19H25N3O3.C19H25N3O2/c1-31-22-11-13-25(14-12-22)16-20-10-9-19(8-7-18-5-6-18)15-23(20)26(25,17-30)29-24(27)28-21-3-2-4-21;1-25-19(27)22(24-20(25)23)18-13-16(26-11-3-4-12-26)6-5-15(18)14-21(22)9-7-17(28-2)8-10-21;1-22-16(23)19(21-17(22)20)15-10-14(25-3)5-4-12(15)11-18(19)8-6-13(24-2)7-9-18;1-12-4-5-13-11-18(8-6-14(24-3)7-9-18)19(15(13)10-12)16(23)22(2)17(20)21-19/h9-10,15,17-18,21-22H,2-6,11-14,16H2,1H3,(H3,27,28,29);5-6,13,17H,3-4,7-12,14H2,1-2H3,(H2,23,24);4-5,10,13H,6-9,11H2,1-3H3,(H2,20,21);4-5,10,14H,6-9,11H2,1-3H3,(H2,20,21). The molecule has 4 unspecified atom stereocenters. The molecule has 0 bridgehead atoms. The highest BCUT2D eigenvalue weighted by Crippen LogP contribution is 2.66. The summed E-state index contributed by atoms with van der Waals surface area (Å²) in [7, 11) is 13.9. The van der Waals surface area contributed by atoms with Crippen LogP contribution in [0, 0.1) is 46.3 Å². The Morgan fingerprint density at radius 3 is 1.32 bits per heavy atom. The summed E-state index contributed by atoms with van der Waals surface area (Å²) in [4.78, 5) is 79.6. The third kappa shape index (κ3) is 12.0. The number of aryl methyl sites for hydroxylation is 1. The third-order valence-corrected chi connectivity index (χ3v) is 28.6. The van der Waals surface area contributed by atoms with Crippen LogP contribution >= 0.6 is 0 Å². The van der Waals surface area contributed by atoms with Crippen molar-refractivity contribution in [2.45, 2.75) is 233 Å². The Kier molecular flexibility index (Phi) is 20.0. The number of nitrogens with two attached hydrogens (primary N) is 4. The van der Waals surface area contributed by atoms with Gasteiger partial charge in [0, 0.05) is 102 Å². The first-order valence-electron chi connectivity index (χ1n) is 39.9. The lowest BCUT2D eigenvalue weighted by Crippen LogP contribution is -2.60. The van der Waals surface area contributed by atoms with Crippen molar-refractivity contribution < 1.29 is 42.9 Å². The quantitative estimate of drug-likeness (QED) is 0.0451. The molecule has 14 aliphatic rings. The zero-order valence-electron chi connectivity index (χ0n) is 65.0. The van der Waals surface area contributed by atoms with Gasteiger partial charge < -0.3 is 61.6 Å². The number of hydrogen-bond donors (Lipinski definition) is 5. The number of hydrogen-bond acceptors (Lipinski definition) is 17. The Balaban J connectivity index is 0.000000115. The summed E-state index contributed by atoms with van der Waals surface area (Å²) >= 11 is 0. The lowest BCUT2D eigenvalue weighted by Gasteiger charge is -2.47. The van der Waals surface area contributed by atoms with Crippen molar-refractivity contribution in [3.63, 3.8) is 0 Å². The van der Waals surface area contributed by atoms with E-state index in [1.54, 1.807) is 61.6 Å². The molecule has 0 aromatic heterocycles. The van der Waals surface area contributed by atoms with Crippen LogP contribution in [0.15, 0.2) is 92.8 Å². The summed E-state index contributed by atoms with van der Waals surface area (Å²) in [6, 6.07) is 25.8. The Bertz CT molecular complexity index is 4360. The number of amides is 3. The minimum Gasteiger partial charge on any atom is -0.497 e. The van der Waals surface area contributed by atoms with E-state index in [0.29, 0.717) is 29.8 Å². The van der Waals surface area contributed by atoms with Gasteiger partial charge in [0.15, 0.2) is 46.7 Å². The fourth-order valence-electron chi connectivity index (χ4n) is 21.9. The first-order chi connectivity index (χ1) is 52.0. The number of likely N-dealkylation sites (N-methyl/N-ethyl adjacent to an activating group) is 3. The zero-order chi connectivity index (χ0) is 75.9. The molecule has 4 aromatic rings. The minimum atomic E-state index is -0.922. The van der Waals surface area contributed by atoms with E-state index in [4.69, 9.17) is 61.6 Å². The molecule has 4 aliphatic heterocycles. The number of methoxy groups -OCH3 is 5. The van der Waals surface area contributed by atoms with Crippen LogP contribution in [-0.2, 0) is 86.0 Å². The second-order valence-corrected chi connectivity index (χ2v) is 34.0. The van der Waals surface area contributed by atoms with Crippen molar-refractivity contribution in [2.75, 3.05) is 74.7 Å². The van der Waals surface area contributed by atoms with Crippen LogP contribution in [0.1, 0.15) is 203 Å². The van der Waals surface area contributed by atoms with Crippen LogP contribution in [0.3, 0.4) is 0 Å². The molecule has 108 heavy (non-hydrogen) atoms. The molecule has 10 aliphatic carbocycles. The van der Waals surface area contributed by atoms with Gasteiger partial charge in [-0.3, -0.25) is 34.1 Å². The van der Waals surface area contributed by atoms with Crippen molar-refractivity contribution in [2.24, 2.45) is 70.5 Å². The second-order valence-electron chi connectivity index (χ2n) is 34.0. The molecule has 4 aromatic carbocycles. The maximum absolute atomic E-state index is 13.6. The SMILES string of the molecule is COC1CCC2(CC1)Cc1ccc(C#CC3CC3)cc1C2(C=O)NC(N)=NC1CCC1.COC1CCC2(CC1)Cc1ccc(C)cc1C21N=C(N)N(C)C1=O.COC1CCC2(CC1)Cc1ccc(N3CCCC3)cc1C21N=C(N)N(C)C1=O.COc1ccc2c(c1)C1(N=C(N)N(C)C1=O)C1(CCC(OC)CC1)C2. The Hall–Kier alpha value is -8.36. The molecule has 0 radical (unpaired) electrons. The number of aliphatic imine (C=N–C) groups is 4. The maximum atomic E-state index is 13.6. The molecule has 3 amide bonds. The van der Waals surface area contributed by atoms with Gasteiger partial charge in [-0.2, -0.15) is 0 Å². The van der Waals surface area contributed by atoms with Crippen LogP contribution in [0.25, 0.3) is 0 Å². The van der Waals surface area contributed by atoms with E-state index in [-0.39, 0.29) is 69.8 Å². The number of guanidine groups is 4. The molecule has 7 fully saturated rings. The van der Waals surface area contributed by atoms with E-state index in [9.17, 15) is 19.2 Å². The van der Waals surface area contributed by atoms with E-state index >= 15 is 0 Å². The number of carbonyl (C=O) groups excluding carboxylic acids is 4. The molecule has 7 spiro atoms. The highest BCUT2D eigenvalue weighted by Gasteiger charge is 2.70. The van der Waals surface area contributed by atoms with Crippen molar-refractivity contribution in [1.82, 2.24) is 20.0 Å². The number of benzene rings is 4. The van der Waals surface area contributed by atoms with Crippen LogP contribution in [0.5, 0.6) is 5.75 Å². The van der Waals surface area contributed by atoms with Gasteiger partial charge in [0.1, 0.15) is 11.3 Å². The number of rotatable bonds is 9. The Morgan fingerprint density at radius 1 is 0.509 bits per heavy atom. The molecular formula is C86H113N13O9. The zero-order valence-corrected chi connectivity index (χ0v) is 65.0. The Labute approximate surface area is 637 Å². The van der Waals surface area contributed by atoms with Crippen molar-refractivity contribution in [3.05, 3.63) is 128 Å². The number of anilines is 1. The lowest BCUT2D eigenvalue weighted by molar-refractivity contribution is -0.138. The van der Waals surface area contributed by atoms with E-state index in [0.717, 1.165) is 200 Å². The van der Waals surface area contributed by atoms with Crippen molar-refractivity contribution >= 4 is 53.5 Å². The van der Waals surface area contributed by atoms with Gasteiger partial charge in [0.05, 0.1) is 37.6 Å². The first kappa shape index (κ1) is 75.1. The minimum absolute atomic E-state index is 0.0205. The summed E-state index contributed by atoms with van der Waals surface area (Å²) in [6.45, 7) is 4.24. The first-order valence-corrected chi connectivity index (χ1v) is 39.9. The van der Waals surface area contributed by atoms with Gasteiger partial charge in [-0.1, -0.05) is 53.8 Å². The monoisotopic (exact) mass is 1470 g/mol. The molecule has 4 heterocycles. The van der Waals surface area contributed by atoms with E-state index in [1.807, 2.05) is 12.1 Å². The molecular weight excluding hydrogens is 1360 g/mol. The highest BCUT2D eigenvalue weighted by molar-refractivity contribution is 6.10. The smallest absolute Gasteiger partial charge is 0.262 e. The molecule has 576 valence electrons. The largest absolute Gasteiger partial charge is 0.497 e. The van der Waals surface area contributed by atoms with Gasteiger partial charge in [-0.15, -0.1) is 0 Å². The average molecular weight is 1470 g/mol. The van der Waals surface area contributed by atoms with Gasteiger partial charge in [-0.05, 0) is 261 Å². The fourth-order valence-corrected chi connectivity index (χ4v) is 21.9. The summed E-state index contributed by atoms with van der Waals surface area (Å²) < 4.78 is 27.8. The van der Waals surface area contributed by atoms with Crippen LogP contribution in [0.2, 0.25) is 0 Å². The fraction of sp³-hybridized carbons (Fsp3) is 0.605. The lowest BCUT2D eigenvalue weighted by atomic mass is 9.61. The molecule has 1 saturated heterocycles. The summed E-state index contributed by atoms with van der Waals surface area (Å²) in [6.07, 6.45) is 29.0.